The molecule has 0 saturated carbocycles. The zero-order valence-corrected chi connectivity index (χ0v) is 17.8. The minimum atomic E-state index is -1.25. The van der Waals surface area contributed by atoms with Crippen molar-refractivity contribution in [1.82, 2.24) is 0 Å². The molecule has 0 spiro atoms. The zero-order chi connectivity index (χ0) is 21.7. The second kappa shape index (κ2) is 7.31. The van der Waals surface area contributed by atoms with Crippen molar-refractivity contribution < 1.29 is 22.8 Å². The van der Waals surface area contributed by atoms with Gasteiger partial charge in [-0.15, -0.1) is 11.8 Å². The van der Waals surface area contributed by atoms with Gasteiger partial charge in [0, 0.05) is 11.6 Å². The van der Waals surface area contributed by atoms with Crippen LogP contribution in [0.2, 0.25) is 0 Å². The molecule has 0 bridgehead atoms. The van der Waals surface area contributed by atoms with Crippen molar-refractivity contribution in [1.29, 1.82) is 0 Å². The Hall–Kier alpha value is -2.08. The van der Waals surface area contributed by atoms with Crippen LogP contribution in [-0.4, -0.2) is 21.1 Å². The fraction of sp³-hybridized carbons (Fsp3) is 0.391. The minimum Gasteiger partial charge on any atom is -0.297 e. The van der Waals surface area contributed by atoms with Crippen molar-refractivity contribution in [2.24, 2.45) is 0 Å². The number of Topliss-reactive ketones (excluding diaryl/α,β-unsaturated/α-hetero) is 2. The smallest absolute Gasteiger partial charge is 0.163 e. The van der Waals surface area contributed by atoms with E-state index in [1.54, 1.807) is 18.2 Å². The highest BCUT2D eigenvalue weighted by Crippen LogP contribution is 2.49. The predicted octanol–water partition coefficient (Wildman–Crippen LogP) is 5.86. The Balaban J connectivity index is 2.14. The normalized spacial score (nSPS) is 18.9. The molecule has 0 atom stereocenters. The van der Waals surface area contributed by atoms with Crippen LogP contribution in [0.25, 0.3) is 11.1 Å². The van der Waals surface area contributed by atoms with Crippen LogP contribution in [0, 0.1) is 17.5 Å². The van der Waals surface area contributed by atoms with Gasteiger partial charge < -0.3 is 0 Å². The maximum atomic E-state index is 14.2. The summed E-state index contributed by atoms with van der Waals surface area (Å²) in [5, 5.41) is 0. The molecule has 0 aromatic heterocycles. The number of thioether (sulfide) groups is 1. The van der Waals surface area contributed by atoms with E-state index in [1.165, 1.54) is 11.8 Å². The van der Waals surface area contributed by atoms with Crippen molar-refractivity contribution in [3.05, 3.63) is 58.9 Å². The number of carbonyl (C=O) groups excluding carboxylic acids is 2. The molecule has 0 unspecified atom stereocenters. The number of halogens is 3. The Bertz CT molecular complexity index is 985. The maximum Gasteiger partial charge on any atom is 0.163 e. The molecule has 0 aliphatic carbocycles. The largest absolute Gasteiger partial charge is 0.297 e. The lowest BCUT2D eigenvalue weighted by atomic mass is 9.77. The Kier molecular flexibility index (Phi) is 5.45. The van der Waals surface area contributed by atoms with Crippen molar-refractivity contribution in [2.75, 3.05) is 0 Å². The molecule has 2 aromatic rings. The van der Waals surface area contributed by atoms with E-state index < -0.39 is 32.9 Å². The number of carbonyl (C=O) groups is 2. The molecule has 29 heavy (non-hydrogen) atoms. The Morgan fingerprint density at radius 3 is 1.97 bits per heavy atom. The lowest BCUT2D eigenvalue weighted by Crippen LogP contribution is -2.51. The summed E-state index contributed by atoms with van der Waals surface area (Å²) in [6.45, 7) is 9.14. The number of hydrogen-bond donors (Lipinski definition) is 0. The Morgan fingerprint density at radius 2 is 1.41 bits per heavy atom. The summed E-state index contributed by atoms with van der Waals surface area (Å²) in [6.07, 6.45) is 0.500. The minimum absolute atomic E-state index is 0.0670. The van der Waals surface area contributed by atoms with Crippen molar-refractivity contribution in [2.45, 2.75) is 56.5 Å². The predicted molar refractivity (Wildman–Crippen MR) is 110 cm³/mol. The monoisotopic (exact) mass is 420 g/mol. The topological polar surface area (TPSA) is 34.1 Å². The Morgan fingerprint density at radius 1 is 0.862 bits per heavy atom. The van der Waals surface area contributed by atoms with Gasteiger partial charge in [0.05, 0.1) is 9.49 Å². The van der Waals surface area contributed by atoms with Crippen LogP contribution in [0.1, 0.15) is 51.7 Å². The van der Waals surface area contributed by atoms with E-state index in [4.69, 9.17) is 0 Å². The van der Waals surface area contributed by atoms with Gasteiger partial charge in [-0.25, -0.2) is 13.2 Å². The van der Waals surface area contributed by atoms with Gasteiger partial charge in [0.25, 0.3) is 0 Å². The third-order valence-corrected chi connectivity index (χ3v) is 6.80. The molecule has 2 aromatic carbocycles. The standard InChI is InChI=1S/C23H23F3O2S/c1-6-12-9-13(15-10-17(25)18(26)11-16(15)24)7-8-14(12)19-20(27)22(2,3)29-23(4,5)21(19)28/h7-11,19H,6H2,1-5H3. The van der Waals surface area contributed by atoms with Gasteiger partial charge in [-0.3, -0.25) is 9.59 Å². The molecule has 2 nitrogen and oxygen atoms in total. The number of ketones is 2. The first kappa shape index (κ1) is 21.6. The lowest BCUT2D eigenvalue weighted by Gasteiger charge is -2.42. The van der Waals surface area contributed by atoms with E-state index in [0.717, 1.165) is 6.07 Å². The molecular weight excluding hydrogens is 397 g/mol. The number of rotatable bonds is 3. The summed E-state index contributed by atoms with van der Waals surface area (Å²) in [6, 6.07) is 6.16. The molecular formula is C23H23F3O2S. The second-order valence-corrected chi connectivity index (χ2v) is 10.5. The van der Waals surface area contributed by atoms with E-state index in [2.05, 4.69) is 0 Å². The summed E-state index contributed by atoms with van der Waals surface area (Å²) in [5.74, 6) is -4.48. The van der Waals surface area contributed by atoms with Gasteiger partial charge in [-0.05, 0) is 56.9 Å². The first-order valence-corrected chi connectivity index (χ1v) is 10.3. The first-order chi connectivity index (χ1) is 13.4. The number of aryl methyl sites for hydroxylation is 1. The van der Waals surface area contributed by atoms with Gasteiger partial charge in [0.1, 0.15) is 11.7 Å². The van der Waals surface area contributed by atoms with E-state index in [9.17, 15) is 22.8 Å². The maximum absolute atomic E-state index is 14.2. The number of benzene rings is 2. The van der Waals surface area contributed by atoms with Crippen LogP contribution in [-0.2, 0) is 16.0 Å². The second-order valence-electron chi connectivity index (χ2n) is 8.30. The summed E-state index contributed by atoms with van der Waals surface area (Å²) in [4.78, 5) is 26.2. The van der Waals surface area contributed by atoms with Crippen LogP contribution < -0.4 is 0 Å². The molecule has 6 heteroatoms. The van der Waals surface area contributed by atoms with Crippen LogP contribution in [0.5, 0.6) is 0 Å². The molecule has 1 fully saturated rings. The summed E-state index contributed by atoms with van der Waals surface area (Å²) in [7, 11) is 0. The van der Waals surface area contributed by atoms with Gasteiger partial charge in [0.2, 0.25) is 0 Å². The van der Waals surface area contributed by atoms with Crippen LogP contribution in [0.4, 0.5) is 13.2 Å². The lowest BCUT2D eigenvalue weighted by molar-refractivity contribution is -0.132. The fourth-order valence-electron chi connectivity index (χ4n) is 3.94. The first-order valence-electron chi connectivity index (χ1n) is 9.45. The van der Waals surface area contributed by atoms with Crippen LogP contribution >= 0.6 is 11.8 Å². The highest BCUT2D eigenvalue weighted by atomic mass is 32.2. The SMILES string of the molecule is CCc1cc(-c2cc(F)c(F)cc2F)ccc1C1C(=O)C(C)(C)SC(C)(C)C1=O. The zero-order valence-electron chi connectivity index (χ0n) is 17.0. The third-order valence-electron chi connectivity index (χ3n) is 5.38. The molecule has 1 aliphatic rings. The van der Waals surface area contributed by atoms with Crippen molar-refractivity contribution >= 4 is 23.3 Å². The van der Waals surface area contributed by atoms with E-state index in [-0.39, 0.29) is 17.1 Å². The molecule has 3 rings (SSSR count). The average Bonchev–Trinajstić information content (AvgIpc) is 2.63. The van der Waals surface area contributed by atoms with E-state index in [0.29, 0.717) is 29.2 Å². The van der Waals surface area contributed by atoms with Crippen molar-refractivity contribution in [3.63, 3.8) is 0 Å². The van der Waals surface area contributed by atoms with Gasteiger partial charge >= 0.3 is 0 Å². The molecule has 0 N–H and O–H groups in total. The van der Waals surface area contributed by atoms with Gasteiger partial charge in [0.15, 0.2) is 23.2 Å². The van der Waals surface area contributed by atoms with E-state index in [1.807, 2.05) is 34.6 Å². The highest BCUT2D eigenvalue weighted by Gasteiger charge is 2.52. The van der Waals surface area contributed by atoms with Crippen LogP contribution in [0.15, 0.2) is 30.3 Å². The van der Waals surface area contributed by atoms with Gasteiger partial charge in [-0.2, -0.15) is 0 Å². The molecule has 0 radical (unpaired) electrons. The molecule has 154 valence electrons. The summed E-state index contributed by atoms with van der Waals surface area (Å²) >= 11 is 1.35. The molecule has 0 amide bonds. The fourth-order valence-corrected chi connectivity index (χ4v) is 5.65. The third kappa shape index (κ3) is 3.75. The summed E-state index contributed by atoms with van der Waals surface area (Å²) < 4.78 is 39.7. The summed E-state index contributed by atoms with van der Waals surface area (Å²) in [5.41, 5.74) is 1.60. The number of hydrogen-bond acceptors (Lipinski definition) is 3. The van der Waals surface area contributed by atoms with Gasteiger partial charge in [-0.1, -0.05) is 25.1 Å². The Labute approximate surface area is 172 Å². The quantitative estimate of drug-likeness (QED) is 0.461. The van der Waals surface area contributed by atoms with Crippen LogP contribution in [0.3, 0.4) is 0 Å². The average molecular weight is 420 g/mol. The van der Waals surface area contributed by atoms with Crippen molar-refractivity contribution in [3.8, 4) is 11.1 Å². The highest BCUT2D eigenvalue weighted by molar-refractivity contribution is 8.03. The molecule has 1 saturated heterocycles. The molecule has 1 aliphatic heterocycles. The van der Waals surface area contributed by atoms with E-state index >= 15 is 0 Å². The molecule has 1 heterocycles.